The number of carbonyl (C=O) groups excluding carboxylic acids is 1. The van der Waals surface area contributed by atoms with Crippen LogP contribution in [0.1, 0.15) is 59.2 Å². The number of hydrogen-bond acceptors (Lipinski definition) is 5. The van der Waals surface area contributed by atoms with E-state index < -0.39 is 0 Å². The SMILES string of the molecule is Cc1cc(C=CC(=O)c2ccc(OCCCCC[C@@H]3CCSS3)cc2)cc(C)c1O. The van der Waals surface area contributed by atoms with Crippen molar-refractivity contribution in [3.05, 3.63) is 64.7 Å². The molecule has 0 aromatic heterocycles. The highest BCUT2D eigenvalue weighted by Crippen LogP contribution is 2.39. The van der Waals surface area contributed by atoms with E-state index in [1.54, 1.807) is 12.2 Å². The van der Waals surface area contributed by atoms with Gasteiger partial charge in [-0.05, 0) is 92.3 Å². The molecule has 3 rings (SSSR count). The van der Waals surface area contributed by atoms with E-state index in [0.29, 0.717) is 11.3 Å². The van der Waals surface area contributed by atoms with E-state index in [1.165, 1.54) is 31.4 Å². The van der Waals surface area contributed by atoms with Gasteiger partial charge in [-0.2, -0.15) is 0 Å². The molecule has 160 valence electrons. The number of ketones is 1. The van der Waals surface area contributed by atoms with Crippen molar-refractivity contribution >= 4 is 33.4 Å². The first-order chi connectivity index (χ1) is 14.5. The molecule has 0 radical (unpaired) electrons. The predicted octanol–water partition coefficient (Wildman–Crippen LogP) is 7.00. The Balaban J connectivity index is 1.41. The molecule has 0 spiro atoms. The number of aromatic hydroxyl groups is 1. The molecular formula is C25H30O3S2. The zero-order chi connectivity index (χ0) is 21.3. The zero-order valence-electron chi connectivity index (χ0n) is 17.7. The third-order valence-electron chi connectivity index (χ3n) is 5.25. The molecule has 0 unspecified atom stereocenters. The lowest BCUT2D eigenvalue weighted by Crippen LogP contribution is -2.00. The van der Waals surface area contributed by atoms with Crippen molar-refractivity contribution in [1.82, 2.24) is 0 Å². The van der Waals surface area contributed by atoms with Crippen LogP contribution in [0.15, 0.2) is 42.5 Å². The van der Waals surface area contributed by atoms with Gasteiger partial charge in [0.1, 0.15) is 11.5 Å². The number of hydrogen-bond donors (Lipinski definition) is 1. The molecule has 0 saturated carbocycles. The Labute approximate surface area is 187 Å². The van der Waals surface area contributed by atoms with Gasteiger partial charge in [0.05, 0.1) is 6.61 Å². The molecule has 1 aliphatic rings. The van der Waals surface area contributed by atoms with E-state index in [2.05, 4.69) is 10.8 Å². The summed E-state index contributed by atoms with van der Waals surface area (Å²) in [7, 11) is 4.06. The van der Waals surface area contributed by atoms with Crippen molar-refractivity contribution in [2.45, 2.75) is 51.2 Å². The minimum Gasteiger partial charge on any atom is -0.507 e. The number of benzene rings is 2. The maximum Gasteiger partial charge on any atom is 0.185 e. The second kappa shape index (κ2) is 11.5. The maximum absolute atomic E-state index is 12.4. The molecule has 1 aliphatic heterocycles. The van der Waals surface area contributed by atoms with Crippen molar-refractivity contribution in [2.75, 3.05) is 12.4 Å². The molecule has 1 atom stereocenters. The molecule has 0 aliphatic carbocycles. The summed E-state index contributed by atoms with van der Waals surface area (Å²) in [5.74, 6) is 2.38. The Morgan fingerprint density at radius 3 is 2.53 bits per heavy atom. The number of rotatable bonds is 10. The van der Waals surface area contributed by atoms with E-state index in [4.69, 9.17) is 4.74 Å². The number of aryl methyl sites for hydroxylation is 2. The Hall–Kier alpha value is -1.85. The first kappa shape index (κ1) is 22.8. The number of unbranched alkanes of at least 4 members (excludes halogenated alkanes) is 2. The number of carbonyl (C=O) groups is 1. The molecular weight excluding hydrogens is 412 g/mol. The van der Waals surface area contributed by atoms with Crippen molar-refractivity contribution in [1.29, 1.82) is 0 Å². The molecule has 0 bridgehead atoms. The van der Waals surface area contributed by atoms with E-state index in [-0.39, 0.29) is 5.78 Å². The molecule has 5 heteroatoms. The van der Waals surface area contributed by atoms with Gasteiger partial charge in [0.25, 0.3) is 0 Å². The van der Waals surface area contributed by atoms with Gasteiger partial charge < -0.3 is 9.84 Å². The first-order valence-electron chi connectivity index (χ1n) is 10.6. The zero-order valence-corrected chi connectivity index (χ0v) is 19.4. The minimum atomic E-state index is -0.0483. The normalized spacial score (nSPS) is 16.3. The fourth-order valence-corrected chi connectivity index (χ4v) is 6.50. The van der Waals surface area contributed by atoms with Gasteiger partial charge in [-0.1, -0.05) is 40.5 Å². The molecule has 1 saturated heterocycles. The number of allylic oxidation sites excluding steroid dienone is 1. The molecule has 0 amide bonds. The molecule has 2 aromatic rings. The van der Waals surface area contributed by atoms with Crippen LogP contribution in [0, 0.1) is 13.8 Å². The summed E-state index contributed by atoms with van der Waals surface area (Å²) >= 11 is 0. The summed E-state index contributed by atoms with van der Waals surface area (Å²) in [6.45, 7) is 4.43. The van der Waals surface area contributed by atoms with E-state index in [0.717, 1.165) is 40.7 Å². The Kier molecular flexibility index (Phi) is 8.76. The van der Waals surface area contributed by atoms with Gasteiger partial charge >= 0.3 is 0 Å². The summed E-state index contributed by atoms with van der Waals surface area (Å²) in [5.41, 5.74) is 3.15. The predicted molar refractivity (Wildman–Crippen MR) is 130 cm³/mol. The van der Waals surface area contributed by atoms with Crippen LogP contribution in [0.3, 0.4) is 0 Å². The van der Waals surface area contributed by atoms with Gasteiger partial charge in [0.15, 0.2) is 5.78 Å². The second-order valence-electron chi connectivity index (χ2n) is 7.75. The average Bonchev–Trinajstić information content (AvgIpc) is 3.26. The minimum absolute atomic E-state index is 0.0483. The Bertz CT molecular complexity index is 845. The van der Waals surface area contributed by atoms with Gasteiger partial charge in [-0.25, -0.2) is 0 Å². The fourth-order valence-electron chi connectivity index (χ4n) is 3.47. The highest BCUT2D eigenvalue weighted by atomic mass is 33.1. The number of phenolic OH excluding ortho intramolecular Hbond substituents is 1. The monoisotopic (exact) mass is 442 g/mol. The van der Waals surface area contributed by atoms with Crippen molar-refractivity contribution in [3.63, 3.8) is 0 Å². The fraction of sp³-hybridized carbons (Fsp3) is 0.400. The lowest BCUT2D eigenvalue weighted by molar-refractivity contribution is 0.104. The second-order valence-corrected chi connectivity index (χ2v) is 10.5. The van der Waals surface area contributed by atoms with Crippen LogP contribution in [0.5, 0.6) is 11.5 Å². The molecule has 1 heterocycles. The highest BCUT2D eigenvalue weighted by molar-refractivity contribution is 8.77. The van der Waals surface area contributed by atoms with Crippen LogP contribution in [-0.2, 0) is 0 Å². The Morgan fingerprint density at radius 2 is 1.87 bits per heavy atom. The third kappa shape index (κ3) is 6.85. The molecule has 1 fully saturated rings. The van der Waals surface area contributed by atoms with Crippen LogP contribution in [0.2, 0.25) is 0 Å². The molecule has 1 N–H and O–H groups in total. The third-order valence-corrected chi connectivity index (χ3v) is 8.25. The van der Waals surface area contributed by atoms with Gasteiger partial charge in [-0.3, -0.25) is 4.79 Å². The number of ether oxygens (including phenoxy) is 1. The first-order valence-corrected chi connectivity index (χ1v) is 12.9. The summed E-state index contributed by atoms with van der Waals surface area (Å²) in [4.78, 5) is 12.4. The van der Waals surface area contributed by atoms with Crippen LogP contribution in [0.25, 0.3) is 6.08 Å². The van der Waals surface area contributed by atoms with Crippen LogP contribution < -0.4 is 4.74 Å². The van der Waals surface area contributed by atoms with Crippen molar-refractivity contribution in [3.8, 4) is 11.5 Å². The lowest BCUT2D eigenvalue weighted by Gasteiger charge is -2.08. The Morgan fingerprint density at radius 1 is 1.13 bits per heavy atom. The summed E-state index contributed by atoms with van der Waals surface area (Å²) < 4.78 is 5.82. The van der Waals surface area contributed by atoms with E-state index in [9.17, 15) is 9.90 Å². The maximum atomic E-state index is 12.4. The average molecular weight is 443 g/mol. The molecule has 30 heavy (non-hydrogen) atoms. The van der Waals surface area contributed by atoms with Crippen LogP contribution in [0.4, 0.5) is 0 Å². The van der Waals surface area contributed by atoms with Gasteiger partial charge in [0, 0.05) is 16.6 Å². The van der Waals surface area contributed by atoms with Crippen molar-refractivity contribution < 1.29 is 14.6 Å². The summed E-state index contributed by atoms with van der Waals surface area (Å²) in [6.07, 6.45) is 9.60. The highest BCUT2D eigenvalue weighted by Gasteiger charge is 2.15. The van der Waals surface area contributed by atoms with Gasteiger partial charge in [0.2, 0.25) is 0 Å². The van der Waals surface area contributed by atoms with Crippen LogP contribution in [-0.4, -0.2) is 28.5 Å². The molecule has 2 aromatic carbocycles. The standard InChI is InChI=1S/C25H30O3S2/c1-18-16-20(17-19(2)25(18)27)7-12-24(26)21-8-10-22(11-9-21)28-14-5-3-4-6-23-13-15-29-30-23/h7-12,16-17,23,27H,3-6,13-15H2,1-2H3/t23-/m1/s1. The smallest absolute Gasteiger partial charge is 0.185 e. The lowest BCUT2D eigenvalue weighted by atomic mass is 10.0. The van der Waals surface area contributed by atoms with Gasteiger partial charge in [-0.15, -0.1) is 0 Å². The van der Waals surface area contributed by atoms with E-state index >= 15 is 0 Å². The molecule has 3 nitrogen and oxygen atoms in total. The van der Waals surface area contributed by atoms with Crippen molar-refractivity contribution in [2.24, 2.45) is 0 Å². The summed E-state index contributed by atoms with van der Waals surface area (Å²) in [5, 5.41) is 10.7. The summed E-state index contributed by atoms with van der Waals surface area (Å²) in [6, 6.07) is 11.1. The number of phenols is 1. The van der Waals surface area contributed by atoms with E-state index in [1.807, 2.05) is 61.0 Å². The largest absolute Gasteiger partial charge is 0.507 e. The topological polar surface area (TPSA) is 46.5 Å². The quantitative estimate of drug-likeness (QED) is 0.186. The van der Waals surface area contributed by atoms with Crippen LogP contribution >= 0.6 is 21.6 Å².